The zero-order valence-electron chi connectivity index (χ0n) is 12.9. The second-order valence-corrected chi connectivity index (χ2v) is 5.30. The molecule has 0 spiro atoms. The smallest absolute Gasteiger partial charge is 0.138 e. The monoisotopic (exact) mass is 268 g/mol. The molecule has 1 heterocycles. The number of likely N-dealkylation sites (N-methyl/N-ethyl adjacent to an activating group) is 1. The molecular weight excluding hydrogens is 240 g/mol. The van der Waals surface area contributed by atoms with Gasteiger partial charge < -0.3 is 10.1 Å². The van der Waals surface area contributed by atoms with Crippen LogP contribution >= 0.6 is 0 Å². The van der Waals surface area contributed by atoms with E-state index in [1.807, 2.05) is 4.68 Å². The molecule has 1 aromatic rings. The van der Waals surface area contributed by atoms with Crippen LogP contribution in [0, 0.1) is 0 Å². The fraction of sp³-hybridized carbons (Fsp3) is 0.857. The lowest BCUT2D eigenvalue weighted by atomic mass is 10.0. The molecule has 110 valence electrons. The van der Waals surface area contributed by atoms with Gasteiger partial charge in [0.25, 0.3) is 0 Å². The molecule has 0 radical (unpaired) electrons. The number of methoxy groups -OCH3 is 1. The Hall–Kier alpha value is -0.940. The standard InChI is InChI=1S/C14H28N4O/c1-6-15-13(8-7-12(4)19-5)9-14-16-10-17-18(14)11(2)3/h10-13,15H,6-9H2,1-5H3. The highest BCUT2D eigenvalue weighted by Crippen LogP contribution is 2.11. The molecule has 5 heteroatoms. The highest BCUT2D eigenvalue weighted by atomic mass is 16.5. The summed E-state index contributed by atoms with van der Waals surface area (Å²) < 4.78 is 7.32. The second-order valence-electron chi connectivity index (χ2n) is 5.30. The molecule has 1 aromatic heterocycles. The van der Waals surface area contributed by atoms with Gasteiger partial charge in [0.15, 0.2) is 0 Å². The van der Waals surface area contributed by atoms with Gasteiger partial charge in [0, 0.05) is 25.6 Å². The number of nitrogens with zero attached hydrogens (tertiary/aromatic N) is 3. The Bertz CT molecular complexity index is 351. The summed E-state index contributed by atoms with van der Waals surface area (Å²) in [5, 5.41) is 7.82. The summed E-state index contributed by atoms with van der Waals surface area (Å²) in [5.74, 6) is 1.06. The summed E-state index contributed by atoms with van der Waals surface area (Å²) in [7, 11) is 1.77. The topological polar surface area (TPSA) is 52.0 Å². The van der Waals surface area contributed by atoms with Crippen molar-refractivity contribution in [3.05, 3.63) is 12.2 Å². The maximum atomic E-state index is 5.31. The van der Waals surface area contributed by atoms with Gasteiger partial charge in [0.05, 0.1) is 6.10 Å². The lowest BCUT2D eigenvalue weighted by Gasteiger charge is -2.20. The van der Waals surface area contributed by atoms with E-state index in [4.69, 9.17) is 4.74 Å². The largest absolute Gasteiger partial charge is 0.382 e. The Morgan fingerprint density at radius 3 is 2.63 bits per heavy atom. The average Bonchev–Trinajstić information content (AvgIpc) is 2.84. The van der Waals surface area contributed by atoms with Crippen LogP contribution in [0.4, 0.5) is 0 Å². The van der Waals surface area contributed by atoms with Crippen LogP contribution in [0.2, 0.25) is 0 Å². The van der Waals surface area contributed by atoms with Gasteiger partial charge in [-0.15, -0.1) is 0 Å². The van der Waals surface area contributed by atoms with Crippen molar-refractivity contribution in [2.45, 2.75) is 65.1 Å². The van der Waals surface area contributed by atoms with E-state index < -0.39 is 0 Å². The van der Waals surface area contributed by atoms with E-state index in [-0.39, 0.29) is 0 Å². The molecule has 1 N–H and O–H groups in total. The molecule has 0 aromatic carbocycles. The Morgan fingerprint density at radius 1 is 1.32 bits per heavy atom. The van der Waals surface area contributed by atoms with Crippen molar-refractivity contribution in [2.75, 3.05) is 13.7 Å². The van der Waals surface area contributed by atoms with Crippen LogP contribution < -0.4 is 5.32 Å². The fourth-order valence-corrected chi connectivity index (χ4v) is 2.19. The maximum absolute atomic E-state index is 5.31. The van der Waals surface area contributed by atoms with Crippen LogP contribution in [-0.4, -0.2) is 40.6 Å². The molecule has 0 amide bonds. The quantitative estimate of drug-likeness (QED) is 0.746. The molecule has 0 fully saturated rings. The molecule has 5 nitrogen and oxygen atoms in total. The zero-order chi connectivity index (χ0) is 14.3. The molecule has 0 saturated carbocycles. The van der Waals surface area contributed by atoms with Crippen molar-refractivity contribution >= 4 is 0 Å². The second kappa shape index (κ2) is 8.27. The lowest BCUT2D eigenvalue weighted by Crippen LogP contribution is -2.33. The summed E-state index contributed by atoms with van der Waals surface area (Å²) in [5.41, 5.74) is 0. The highest BCUT2D eigenvalue weighted by molar-refractivity contribution is 4.91. The van der Waals surface area contributed by atoms with Crippen molar-refractivity contribution in [2.24, 2.45) is 0 Å². The minimum atomic E-state index is 0.309. The van der Waals surface area contributed by atoms with E-state index in [0.29, 0.717) is 18.2 Å². The van der Waals surface area contributed by atoms with E-state index in [9.17, 15) is 0 Å². The number of nitrogens with one attached hydrogen (secondary N) is 1. The zero-order valence-corrected chi connectivity index (χ0v) is 12.9. The number of rotatable bonds is 9. The van der Waals surface area contributed by atoms with E-state index in [0.717, 1.165) is 31.6 Å². The summed E-state index contributed by atoms with van der Waals surface area (Å²) in [6.07, 6.45) is 5.03. The summed E-state index contributed by atoms with van der Waals surface area (Å²) in [4.78, 5) is 4.39. The van der Waals surface area contributed by atoms with Gasteiger partial charge in [-0.05, 0) is 40.2 Å². The lowest BCUT2D eigenvalue weighted by molar-refractivity contribution is 0.106. The third kappa shape index (κ3) is 5.28. The van der Waals surface area contributed by atoms with Crippen molar-refractivity contribution < 1.29 is 4.74 Å². The van der Waals surface area contributed by atoms with Gasteiger partial charge in [0.2, 0.25) is 0 Å². The molecular formula is C14H28N4O. The predicted molar refractivity (Wildman–Crippen MR) is 77.3 cm³/mol. The van der Waals surface area contributed by atoms with Crippen LogP contribution in [-0.2, 0) is 11.2 Å². The van der Waals surface area contributed by atoms with Crippen LogP contribution in [0.25, 0.3) is 0 Å². The molecule has 0 saturated heterocycles. The van der Waals surface area contributed by atoms with Gasteiger partial charge in [-0.25, -0.2) is 9.67 Å². The number of hydrogen-bond acceptors (Lipinski definition) is 4. The Balaban J connectivity index is 2.59. The summed E-state index contributed by atoms with van der Waals surface area (Å²) in [6.45, 7) is 9.49. The number of ether oxygens (including phenoxy) is 1. The molecule has 2 unspecified atom stereocenters. The van der Waals surface area contributed by atoms with E-state index in [1.165, 1.54) is 0 Å². The van der Waals surface area contributed by atoms with Gasteiger partial charge in [-0.3, -0.25) is 0 Å². The van der Waals surface area contributed by atoms with Crippen LogP contribution in [0.15, 0.2) is 6.33 Å². The average molecular weight is 268 g/mol. The van der Waals surface area contributed by atoms with Crippen molar-refractivity contribution in [3.63, 3.8) is 0 Å². The molecule has 1 rings (SSSR count). The highest BCUT2D eigenvalue weighted by Gasteiger charge is 2.15. The Morgan fingerprint density at radius 2 is 2.05 bits per heavy atom. The first-order valence-corrected chi connectivity index (χ1v) is 7.23. The maximum Gasteiger partial charge on any atom is 0.138 e. The van der Waals surface area contributed by atoms with Crippen molar-refractivity contribution in [1.82, 2.24) is 20.1 Å². The molecule has 2 atom stereocenters. The van der Waals surface area contributed by atoms with Gasteiger partial charge in [-0.1, -0.05) is 6.92 Å². The van der Waals surface area contributed by atoms with E-state index in [1.54, 1.807) is 13.4 Å². The molecule has 0 aliphatic rings. The molecule has 0 aliphatic heterocycles. The van der Waals surface area contributed by atoms with Crippen molar-refractivity contribution in [1.29, 1.82) is 0 Å². The Labute approximate surface area is 116 Å². The fourth-order valence-electron chi connectivity index (χ4n) is 2.19. The van der Waals surface area contributed by atoms with Crippen LogP contribution in [0.5, 0.6) is 0 Å². The summed E-state index contributed by atoms with van der Waals surface area (Å²) in [6, 6.07) is 0.793. The van der Waals surface area contributed by atoms with Crippen LogP contribution in [0.3, 0.4) is 0 Å². The first-order valence-electron chi connectivity index (χ1n) is 7.23. The van der Waals surface area contributed by atoms with Crippen LogP contribution in [0.1, 0.15) is 52.4 Å². The SMILES string of the molecule is CCNC(CCC(C)OC)Cc1ncnn1C(C)C. The Kier molecular flexibility index (Phi) is 7.02. The summed E-state index contributed by atoms with van der Waals surface area (Å²) >= 11 is 0. The molecule has 0 aliphatic carbocycles. The van der Waals surface area contributed by atoms with Gasteiger partial charge >= 0.3 is 0 Å². The third-order valence-electron chi connectivity index (χ3n) is 3.38. The van der Waals surface area contributed by atoms with Crippen molar-refractivity contribution in [3.8, 4) is 0 Å². The predicted octanol–water partition coefficient (Wildman–Crippen LogP) is 2.19. The minimum absolute atomic E-state index is 0.309. The molecule has 19 heavy (non-hydrogen) atoms. The number of aromatic nitrogens is 3. The first kappa shape index (κ1) is 16.1. The van der Waals surface area contributed by atoms with E-state index in [2.05, 4.69) is 43.1 Å². The van der Waals surface area contributed by atoms with Gasteiger partial charge in [-0.2, -0.15) is 5.10 Å². The third-order valence-corrected chi connectivity index (χ3v) is 3.38. The normalized spacial score (nSPS) is 14.8. The number of hydrogen-bond donors (Lipinski definition) is 1. The van der Waals surface area contributed by atoms with Gasteiger partial charge in [0.1, 0.15) is 12.2 Å². The minimum Gasteiger partial charge on any atom is -0.382 e. The van der Waals surface area contributed by atoms with E-state index >= 15 is 0 Å². The molecule has 0 bridgehead atoms. The first-order chi connectivity index (χ1) is 9.08.